The number of nitrogens with zero attached hydrogens (tertiary/aromatic N) is 1. The molecule has 2 aliphatic heterocycles. The average Bonchev–Trinajstić information content (AvgIpc) is 2.45. The predicted octanol–water partition coefficient (Wildman–Crippen LogP) is -0.378. The molecular formula is C8H14N2O. The van der Waals surface area contributed by atoms with Crippen LogP contribution < -0.4 is 5.32 Å². The highest BCUT2D eigenvalue weighted by Gasteiger charge is 2.37. The van der Waals surface area contributed by atoms with Gasteiger partial charge >= 0.3 is 0 Å². The van der Waals surface area contributed by atoms with Crippen LogP contribution in [0.2, 0.25) is 0 Å². The molecule has 0 saturated carbocycles. The Bertz CT molecular complexity index is 181. The van der Waals surface area contributed by atoms with Gasteiger partial charge in [0.25, 0.3) is 0 Å². The third-order valence-corrected chi connectivity index (χ3v) is 2.60. The number of rotatable bonds is 2. The van der Waals surface area contributed by atoms with E-state index in [0.29, 0.717) is 18.6 Å². The molecule has 11 heavy (non-hydrogen) atoms. The lowest BCUT2D eigenvalue weighted by molar-refractivity contribution is -0.118. The lowest BCUT2D eigenvalue weighted by atomic mass is 10.2. The van der Waals surface area contributed by atoms with E-state index in [9.17, 15) is 4.79 Å². The summed E-state index contributed by atoms with van der Waals surface area (Å²) in [5, 5.41) is 3.41. The Morgan fingerprint density at radius 2 is 2.55 bits per heavy atom. The van der Waals surface area contributed by atoms with Crippen LogP contribution >= 0.6 is 0 Å². The van der Waals surface area contributed by atoms with E-state index in [1.807, 2.05) is 0 Å². The third kappa shape index (κ3) is 1.30. The topological polar surface area (TPSA) is 32.3 Å². The normalized spacial score (nSPS) is 36.5. The van der Waals surface area contributed by atoms with Crippen molar-refractivity contribution in [3.63, 3.8) is 0 Å². The quantitative estimate of drug-likeness (QED) is 0.588. The van der Waals surface area contributed by atoms with E-state index in [1.54, 1.807) is 6.92 Å². The molecule has 62 valence electrons. The molecule has 0 aromatic carbocycles. The summed E-state index contributed by atoms with van der Waals surface area (Å²) < 4.78 is 0. The highest BCUT2D eigenvalue weighted by Crippen LogP contribution is 2.22. The molecular weight excluding hydrogens is 140 g/mol. The monoisotopic (exact) mass is 154 g/mol. The Balaban J connectivity index is 1.92. The molecule has 2 rings (SSSR count). The van der Waals surface area contributed by atoms with Crippen LogP contribution in [0.4, 0.5) is 0 Å². The van der Waals surface area contributed by atoms with Gasteiger partial charge in [-0.1, -0.05) is 0 Å². The highest BCUT2D eigenvalue weighted by molar-refractivity contribution is 5.77. The van der Waals surface area contributed by atoms with Crippen molar-refractivity contribution in [3.8, 4) is 0 Å². The van der Waals surface area contributed by atoms with Gasteiger partial charge in [-0.2, -0.15) is 0 Å². The second-order valence-corrected chi connectivity index (χ2v) is 3.63. The number of carbonyl (C=O) groups is 1. The summed E-state index contributed by atoms with van der Waals surface area (Å²) in [7, 11) is 0. The molecule has 0 radical (unpaired) electrons. The van der Waals surface area contributed by atoms with Gasteiger partial charge in [0.2, 0.25) is 0 Å². The second kappa shape index (κ2) is 2.57. The Hall–Kier alpha value is -0.410. The van der Waals surface area contributed by atoms with Crippen LogP contribution in [0.15, 0.2) is 0 Å². The first-order chi connectivity index (χ1) is 5.25. The van der Waals surface area contributed by atoms with E-state index in [2.05, 4.69) is 10.2 Å². The summed E-state index contributed by atoms with van der Waals surface area (Å²) in [6.07, 6.45) is 1.24. The van der Waals surface area contributed by atoms with Gasteiger partial charge in [0.15, 0.2) is 0 Å². The van der Waals surface area contributed by atoms with Crippen molar-refractivity contribution in [2.75, 3.05) is 19.6 Å². The zero-order valence-corrected chi connectivity index (χ0v) is 6.84. The predicted molar refractivity (Wildman–Crippen MR) is 42.4 cm³/mol. The van der Waals surface area contributed by atoms with Crippen molar-refractivity contribution in [1.82, 2.24) is 10.2 Å². The molecule has 3 nitrogen and oxygen atoms in total. The maximum absolute atomic E-state index is 10.8. The zero-order valence-electron chi connectivity index (χ0n) is 6.84. The van der Waals surface area contributed by atoms with Crippen molar-refractivity contribution in [3.05, 3.63) is 0 Å². The summed E-state index contributed by atoms with van der Waals surface area (Å²) >= 11 is 0. The SMILES string of the molecule is CC(=O)CN1C[C@@H]2C[C@H]1CN2. The molecule has 0 aromatic rings. The van der Waals surface area contributed by atoms with E-state index in [-0.39, 0.29) is 5.78 Å². The van der Waals surface area contributed by atoms with Gasteiger partial charge in [0.1, 0.15) is 5.78 Å². The molecule has 1 N–H and O–H groups in total. The van der Waals surface area contributed by atoms with Crippen molar-refractivity contribution in [2.45, 2.75) is 25.4 Å². The maximum atomic E-state index is 10.8. The summed E-state index contributed by atoms with van der Waals surface area (Å²) in [6, 6.07) is 1.31. The number of likely N-dealkylation sites (tertiary alicyclic amines) is 1. The molecule has 0 aromatic heterocycles. The summed E-state index contributed by atoms with van der Waals surface area (Å²) in [5.74, 6) is 0.289. The Labute approximate surface area is 66.8 Å². The number of Topliss-reactive ketones (excluding diaryl/α,β-unsaturated/α-hetero) is 1. The molecule has 0 unspecified atom stereocenters. The summed E-state index contributed by atoms with van der Waals surface area (Å²) in [4.78, 5) is 13.1. The fraction of sp³-hybridized carbons (Fsp3) is 0.875. The van der Waals surface area contributed by atoms with Crippen molar-refractivity contribution in [1.29, 1.82) is 0 Å². The second-order valence-electron chi connectivity index (χ2n) is 3.63. The van der Waals surface area contributed by atoms with Gasteiger partial charge in [0.05, 0.1) is 6.54 Å². The van der Waals surface area contributed by atoms with E-state index < -0.39 is 0 Å². The molecule has 0 aliphatic carbocycles. The lowest BCUT2D eigenvalue weighted by Crippen LogP contribution is -2.45. The third-order valence-electron chi connectivity index (χ3n) is 2.60. The van der Waals surface area contributed by atoms with Crippen LogP contribution in [0.3, 0.4) is 0 Å². The van der Waals surface area contributed by atoms with Gasteiger partial charge in [-0.15, -0.1) is 0 Å². The van der Waals surface area contributed by atoms with Crippen LogP contribution in [0.1, 0.15) is 13.3 Å². The number of hydrogen-bond donors (Lipinski definition) is 1. The molecule has 2 atom stereocenters. The van der Waals surface area contributed by atoms with Crippen LogP contribution in [0.25, 0.3) is 0 Å². The minimum atomic E-state index is 0.289. The van der Waals surface area contributed by atoms with Crippen LogP contribution in [0, 0.1) is 0 Å². The fourth-order valence-corrected chi connectivity index (χ4v) is 2.13. The average molecular weight is 154 g/mol. The number of piperazine rings is 1. The van der Waals surface area contributed by atoms with Crippen LogP contribution in [0.5, 0.6) is 0 Å². The van der Waals surface area contributed by atoms with Gasteiger partial charge < -0.3 is 5.32 Å². The number of carbonyl (C=O) groups excluding carboxylic acids is 1. The standard InChI is InChI=1S/C8H14N2O/c1-6(11)4-10-5-7-2-8(10)3-9-7/h7-9H,2-5H2,1H3/t7-,8-/m0/s1. The van der Waals surface area contributed by atoms with E-state index in [4.69, 9.17) is 0 Å². The Morgan fingerprint density at radius 3 is 3.00 bits per heavy atom. The molecule has 0 amide bonds. The lowest BCUT2D eigenvalue weighted by Gasteiger charge is -2.25. The van der Waals surface area contributed by atoms with Crippen molar-refractivity contribution >= 4 is 5.78 Å². The van der Waals surface area contributed by atoms with Crippen molar-refractivity contribution < 1.29 is 4.79 Å². The maximum Gasteiger partial charge on any atom is 0.143 e. The largest absolute Gasteiger partial charge is 0.311 e. The van der Waals surface area contributed by atoms with Gasteiger partial charge in [-0.05, 0) is 13.3 Å². The molecule has 2 fully saturated rings. The Morgan fingerprint density at radius 1 is 1.73 bits per heavy atom. The summed E-state index contributed by atoms with van der Waals surface area (Å²) in [5.41, 5.74) is 0. The zero-order chi connectivity index (χ0) is 7.84. The number of hydrogen-bond acceptors (Lipinski definition) is 3. The van der Waals surface area contributed by atoms with Gasteiger partial charge in [0, 0.05) is 25.2 Å². The summed E-state index contributed by atoms with van der Waals surface area (Å²) in [6.45, 7) is 4.48. The number of ketones is 1. The minimum Gasteiger partial charge on any atom is -0.311 e. The van der Waals surface area contributed by atoms with Crippen LogP contribution in [-0.4, -0.2) is 42.4 Å². The van der Waals surface area contributed by atoms with Gasteiger partial charge in [-0.25, -0.2) is 0 Å². The minimum absolute atomic E-state index is 0.289. The first-order valence-corrected chi connectivity index (χ1v) is 4.22. The van der Waals surface area contributed by atoms with E-state index in [1.165, 1.54) is 6.42 Å². The van der Waals surface area contributed by atoms with E-state index in [0.717, 1.165) is 13.1 Å². The molecule has 2 saturated heterocycles. The van der Waals surface area contributed by atoms with E-state index >= 15 is 0 Å². The first kappa shape index (κ1) is 7.25. The molecule has 0 spiro atoms. The van der Waals surface area contributed by atoms with Crippen LogP contribution in [-0.2, 0) is 4.79 Å². The smallest absolute Gasteiger partial charge is 0.143 e. The van der Waals surface area contributed by atoms with Crippen molar-refractivity contribution in [2.24, 2.45) is 0 Å². The number of fused-ring (bicyclic) bond motifs is 2. The molecule has 2 heterocycles. The highest BCUT2D eigenvalue weighted by atomic mass is 16.1. The Kier molecular flexibility index (Phi) is 1.69. The molecule has 2 aliphatic rings. The van der Waals surface area contributed by atoms with Gasteiger partial charge in [-0.3, -0.25) is 9.69 Å². The fourth-order valence-electron chi connectivity index (χ4n) is 2.13. The molecule has 3 heteroatoms. The number of nitrogens with one attached hydrogen (secondary N) is 1. The first-order valence-electron chi connectivity index (χ1n) is 4.22. The molecule has 2 bridgehead atoms.